The molecule has 0 aromatic heterocycles. The molecule has 146 valence electrons. The Kier molecular flexibility index (Phi) is 7.85. The zero-order valence-corrected chi connectivity index (χ0v) is 16.7. The Morgan fingerprint density at radius 1 is 1.07 bits per heavy atom. The average molecular weight is 390 g/mol. The summed E-state index contributed by atoms with van der Waals surface area (Å²) in [4.78, 5) is 12.3. The van der Waals surface area contributed by atoms with Crippen molar-refractivity contribution >= 4 is 15.7 Å². The van der Waals surface area contributed by atoms with Crippen molar-refractivity contribution in [2.75, 3.05) is 12.9 Å². The molecule has 1 N–H and O–H groups in total. The van der Waals surface area contributed by atoms with E-state index in [1.165, 1.54) is 24.0 Å². The molecule has 5 nitrogen and oxygen atoms in total. The highest BCUT2D eigenvalue weighted by Gasteiger charge is 2.09. The monoisotopic (exact) mass is 389 g/mol. The number of amides is 1. The maximum Gasteiger partial charge on any atom is 0.220 e. The van der Waals surface area contributed by atoms with E-state index in [9.17, 15) is 13.2 Å². The zero-order valence-electron chi connectivity index (χ0n) is 15.9. The maximum atomic E-state index is 12.0. The number of hydrogen-bond donors (Lipinski definition) is 1. The van der Waals surface area contributed by atoms with Gasteiger partial charge in [0.15, 0.2) is 9.84 Å². The van der Waals surface area contributed by atoms with Crippen LogP contribution in [-0.2, 0) is 21.1 Å². The van der Waals surface area contributed by atoms with Crippen molar-refractivity contribution in [3.8, 4) is 5.75 Å². The van der Waals surface area contributed by atoms with Crippen molar-refractivity contribution < 1.29 is 17.9 Å². The van der Waals surface area contributed by atoms with Crippen LogP contribution in [0.1, 0.15) is 31.7 Å². The molecule has 6 heteroatoms. The van der Waals surface area contributed by atoms with Crippen molar-refractivity contribution in [3.05, 3.63) is 60.2 Å². The number of hydrogen-bond acceptors (Lipinski definition) is 4. The first kappa shape index (κ1) is 21.0. The third-order valence-electron chi connectivity index (χ3n) is 4.19. The largest absolute Gasteiger partial charge is 0.494 e. The molecule has 0 spiro atoms. The Balaban J connectivity index is 1.62. The molecule has 2 rings (SSSR count). The van der Waals surface area contributed by atoms with Crippen molar-refractivity contribution in [3.63, 3.8) is 0 Å². The van der Waals surface area contributed by atoms with Gasteiger partial charge in [0.1, 0.15) is 5.75 Å². The lowest BCUT2D eigenvalue weighted by Crippen LogP contribution is -2.32. The average Bonchev–Trinajstić information content (AvgIpc) is 2.64. The zero-order chi connectivity index (χ0) is 19.7. The Bertz CT molecular complexity index is 817. The fourth-order valence-corrected chi connectivity index (χ4v) is 3.28. The maximum absolute atomic E-state index is 12.0. The van der Waals surface area contributed by atoms with E-state index in [1.807, 2.05) is 25.1 Å². The highest BCUT2D eigenvalue weighted by Crippen LogP contribution is 2.16. The Hall–Kier alpha value is -2.34. The van der Waals surface area contributed by atoms with Crippen LogP contribution in [0, 0.1) is 0 Å². The molecule has 1 atom stereocenters. The molecule has 0 aliphatic rings. The van der Waals surface area contributed by atoms with Gasteiger partial charge in [0, 0.05) is 18.7 Å². The summed E-state index contributed by atoms with van der Waals surface area (Å²) in [5.74, 6) is 0.616. The predicted octanol–water partition coefficient (Wildman–Crippen LogP) is 3.39. The van der Waals surface area contributed by atoms with Crippen LogP contribution in [0.15, 0.2) is 59.5 Å². The summed E-state index contributed by atoms with van der Waals surface area (Å²) in [6.45, 7) is 2.42. The topological polar surface area (TPSA) is 72.5 Å². The predicted molar refractivity (Wildman–Crippen MR) is 107 cm³/mol. The number of aryl methyl sites for hydroxylation is 1. The van der Waals surface area contributed by atoms with Gasteiger partial charge in [-0.25, -0.2) is 8.42 Å². The Morgan fingerprint density at radius 3 is 2.37 bits per heavy atom. The standard InChI is InChI=1S/C21H27NO4S/c1-17(10-11-18-7-4-3-5-8-18)22-21(23)9-6-16-26-19-12-14-20(15-13-19)27(2,24)25/h3-5,7-8,12-15,17H,6,9-11,16H2,1-2H3,(H,22,23). The molecular formula is C21H27NO4S. The number of benzene rings is 2. The molecule has 0 aliphatic heterocycles. The van der Waals surface area contributed by atoms with Crippen LogP contribution in [0.25, 0.3) is 0 Å². The minimum Gasteiger partial charge on any atom is -0.494 e. The number of carbonyl (C=O) groups is 1. The van der Waals surface area contributed by atoms with Gasteiger partial charge in [-0.2, -0.15) is 0 Å². The highest BCUT2D eigenvalue weighted by molar-refractivity contribution is 7.90. The Labute approximate surface area is 161 Å². The van der Waals surface area contributed by atoms with Crippen molar-refractivity contribution in [1.29, 1.82) is 0 Å². The summed E-state index contributed by atoms with van der Waals surface area (Å²) in [6.07, 6.45) is 4.01. The second kappa shape index (κ2) is 10.1. The minimum atomic E-state index is -3.20. The molecule has 0 bridgehead atoms. The van der Waals surface area contributed by atoms with Crippen LogP contribution < -0.4 is 10.1 Å². The SMILES string of the molecule is CC(CCc1ccccc1)NC(=O)CCCOc1ccc(S(C)(=O)=O)cc1. The lowest BCUT2D eigenvalue weighted by atomic mass is 10.1. The molecule has 0 aliphatic carbocycles. The molecule has 0 heterocycles. The molecule has 27 heavy (non-hydrogen) atoms. The first-order valence-electron chi connectivity index (χ1n) is 9.11. The van der Waals surface area contributed by atoms with Crippen LogP contribution in [0.3, 0.4) is 0 Å². The van der Waals surface area contributed by atoms with E-state index >= 15 is 0 Å². The lowest BCUT2D eigenvalue weighted by Gasteiger charge is -2.14. The van der Waals surface area contributed by atoms with E-state index in [0.717, 1.165) is 12.8 Å². The molecule has 1 amide bonds. The van der Waals surface area contributed by atoms with E-state index in [-0.39, 0.29) is 16.8 Å². The third kappa shape index (κ3) is 7.83. The number of sulfone groups is 1. The van der Waals surface area contributed by atoms with Gasteiger partial charge in [-0.3, -0.25) is 4.79 Å². The molecule has 2 aromatic rings. The normalized spacial score (nSPS) is 12.4. The lowest BCUT2D eigenvalue weighted by molar-refractivity contribution is -0.121. The number of rotatable bonds is 10. The fourth-order valence-electron chi connectivity index (χ4n) is 2.65. The highest BCUT2D eigenvalue weighted by atomic mass is 32.2. The third-order valence-corrected chi connectivity index (χ3v) is 5.31. The molecule has 0 saturated heterocycles. The molecule has 0 saturated carbocycles. The second-order valence-corrected chi connectivity index (χ2v) is 8.70. The van der Waals surface area contributed by atoms with E-state index < -0.39 is 9.84 Å². The summed E-state index contributed by atoms with van der Waals surface area (Å²) in [7, 11) is -3.20. The summed E-state index contributed by atoms with van der Waals surface area (Å²) in [6, 6.07) is 16.6. The van der Waals surface area contributed by atoms with Gasteiger partial charge in [-0.15, -0.1) is 0 Å². The summed E-state index contributed by atoms with van der Waals surface area (Å²) in [5, 5.41) is 3.01. The summed E-state index contributed by atoms with van der Waals surface area (Å²) < 4.78 is 28.4. The van der Waals surface area contributed by atoms with Gasteiger partial charge >= 0.3 is 0 Å². The molecule has 0 radical (unpaired) electrons. The first-order chi connectivity index (χ1) is 12.8. The summed E-state index contributed by atoms with van der Waals surface area (Å²) in [5.41, 5.74) is 1.27. The smallest absolute Gasteiger partial charge is 0.220 e. The number of ether oxygens (including phenoxy) is 1. The fraction of sp³-hybridized carbons (Fsp3) is 0.381. The van der Waals surface area contributed by atoms with Gasteiger partial charge in [0.2, 0.25) is 5.91 Å². The van der Waals surface area contributed by atoms with E-state index in [2.05, 4.69) is 17.4 Å². The Morgan fingerprint density at radius 2 is 1.74 bits per heavy atom. The van der Waals surface area contributed by atoms with Crippen LogP contribution >= 0.6 is 0 Å². The molecule has 1 unspecified atom stereocenters. The van der Waals surface area contributed by atoms with Crippen molar-refractivity contribution in [2.24, 2.45) is 0 Å². The van der Waals surface area contributed by atoms with Gasteiger partial charge in [-0.1, -0.05) is 30.3 Å². The minimum absolute atomic E-state index is 0.0200. The van der Waals surface area contributed by atoms with E-state index in [0.29, 0.717) is 25.2 Å². The quantitative estimate of drug-likeness (QED) is 0.632. The van der Waals surface area contributed by atoms with Gasteiger partial charge in [-0.05, 0) is 56.0 Å². The molecular weight excluding hydrogens is 362 g/mol. The van der Waals surface area contributed by atoms with Crippen LogP contribution in [0.2, 0.25) is 0 Å². The van der Waals surface area contributed by atoms with Crippen LogP contribution in [0.4, 0.5) is 0 Å². The van der Waals surface area contributed by atoms with Crippen molar-refractivity contribution in [1.82, 2.24) is 5.32 Å². The van der Waals surface area contributed by atoms with E-state index in [4.69, 9.17) is 4.74 Å². The van der Waals surface area contributed by atoms with E-state index in [1.54, 1.807) is 12.1 Å². The van der Waals surface area contributed by atoms with Gasteiger partial charge in [0.05, 0.1) is 11.5 Å². The number of nitrogens with one attached hydrogen (secondary N) is 1. The van der Waals surface area contributed by atoms with Crippen LogP contribution in [-0.4, -0.2) is 33.2 Å². The first-order valence-corrected chi connectivity index (χ1v) is 11.0. The number of carbonyl (C=O) groups excluding carboxylic acids is 1. The van der Waals surface area contributed by atoms with Crippen LogP contribution in [0.5, 0.6) is 5.75 Å². The van der Waals surface area contributed by atoms with Crippen molar-refractivity contribution in [2.45, 2.75) is 43.5 Å². The molecule has 0 fully saturated rings. The van der Waals surface area contributed by atoms with Gasteiger partial charge in [0.25, 0.3) is 0 Å². The second-order valence-electron chi connectivity index (χ2n) is 6.69. The summed E-state index contributed by atoms with van der Waals surface area (Å²) >= 11 is 0. The van der Waals surface area contributed by atoms with Gasteiger partial charge < -0.3 is 10.1 Å². The molecule has 2 aromatic carbocycles.